The van der Waals surface area contributed by atoms with Gasteiger partial charge in [0.15, 0.2) is 6.10 Å². The minimum absolute atomic E-state index is 0.142. The highest BCUT2D eigenvalue weighted by molar-refractivity contribution is 9.11. The molecule has 0 unspecified atom stereocenters. The Morgan fingerprint density at radius 2 is 1.69 bits per heavy atom. The second-order valence-corrected chi connectivity index (χ2v) is 10.1. The van der Waals surface area contributed by atoms with E-state index in [1.165, 1.54) is 19.3 Å². The summed E-state index contributed by atoms with van der Waals surface area (Å²) in [5, 5.41) is 16.0. The maximum Gasteiger partial charge on any atom is 0.412 e. The SMILES string of the molecule is CO[C@H](/C=C/C(=O)Nc1ccccc1N)[C@H](OC(=O)Nc1ccc(Br)cc1)c1cc(Br)cc(Br)c1O. The molecule has 0 saturated carbocycles. The van der Waals surface area contributed by atoms with Crippen LogP contribution in [0.4, 0.5) is 21.9 Å². The fourth-order valence-electron chi connectivity index (χ4n) is 3.18. The lowest BCUT2D eigenvalue weighted by atomic mass is 10.0. The molecule has 0 spiro atoms. The summed E-state index contributed by atoms with van der Waals surface area (Å²) in [6.07, 6.45) is -0.167. The third kappa shape index (κ3) is 7.57. The lowest BCUT2D eigenvalue weighted by Crippen LogP contribution is -2.27. The molecule has 11 heteroatoms. The largest absolute Gasteiger partial charge is 0.506 e. The predicted molar refractivity (Wildman–Crippen MR) is 150 cm³/mol. The van der Waals surface area contributed by atoms with Gasteiger partial charge in [-0.3, -0.25) is 10.1 Å². The topological polar surface area (TPSA) is 123 Å². The molecule has 2 atom stereocenters. The zero-order chi connectivity index (χ0) is 26.2. The second-order valence-electron chi connectivity index (χ2n) is 7.42. The number of para-hydroxylation sites is 2. The molecule has 0 saturated heterocycles. The van der Waals surface area contributed by atoms with Crippen molar-refractivity contribution in [3.05, 3.63) is 91.8 Å². The Hall–Kier alpha value is -2.86. The number of anilines is 3. The number of hydrogen-bond acceptors (Lipinski definition) is 6. The number of phenolic OH excluding ortho intramolecular Hbond substituents is 1. The van der Waals surface area contributed by atoms with E-state index in [-0.39, 0.29) is 11.3 Å². The monoisotopic (exact) mass is 681 g/mol. The number of halogens is 3. The van der Waals surface area contributed by atoms with Gasteiger partial charge in [0.1, 0.15) is 11.9 Å². The molecule has 0 bridgehead atoms. The molecule has 0 heterocycles. The van der Waals surface area contributed by atoms with Crippen LogP contribution in [0.5, 0.6) is 5.75 Å². The number of amides is 2. The first-order valence-electron chi connectivity index (χ1n) is 10.5. The van der Waals surface area contributed by atoms with Crippen LogP contribution in [0.3, 0.4) is 0 Å². The number of aromatic hydroxyl groups is 1. The van der Waals surface area contributed by atoms with Crippen LogP contribution in [0.2, 0.25) is 0 Å². The van der Waals surface area contributed by atoms with Crippen molar-refractivity contribution in [2.45, 2.75) is 12.2 Å². The standard InChI is InChI=1S/C25H22Br3N3O5/c1-35-21(10-11-22(32)31-20-5-3-2-4-19(20)29)24(17-12-15(27)13-18(28)23(17)33)36-25(34)30-16-8-6-14(26)7-9-16/h2-13,21,24,33H,29H2,1H3,(H,30,34)(H,31,32)/b11-10+/t21-,24-/m1/s1. The van der Waals surface area contributed by atoms with Gasteiger partial charge in [-0.05, 0) is 70.5 Å². The first-order chi connectivity index (χ1) is 17.2. The van der Waals surface area contributed by atoms with Gasteiger partial charge in [-0.25, -0.2) is 4.79 Å². The molecule has 0 fully saturated rings. The van der Waals surface area contributed by atoms with E-state index in [0.717, 1.165) is 4.47 Å². The molecular formula is C25H22Br3N3O5. The van der Waals surface area contributed by atoms with Crippen LogP contribution in [-0.2, 0) is 14.3 Å². The molecule has 3 rings (SSSR count). The third-order valence-electron chi connectivity index (χ3n) is 4.92. The van der Waals surface area contributed by atoms with E-state index in [9.17, 15) is 14.7 Å². The predicted octanol–water partition coefficient (Wildman–Crippen LogP) is 6.76. The summed E-state index contributed by atoms with van der Waals surface area (Å²) < 4.78 is 13.1. The normalized spacial score (nSPS) is 12.7. The molecule has 3 aromatic rings. The van der Waals surface area contributed by atoms with E-state index in [2.05, 4.69) is 58.4 Å². The average molecular weight is 684 g/mol. The van der Waals surface area contributed by atoms with Crippen molar-refractivity contribution < 1.29 is 24.2 Å². The highest BCUT2D eigenvalue weighted by Gasteiger charge is 2.29. The van der Waals surface area contributed by atoms with Crippen molar-refractivity contribution in [3.8, 4) is 5.75 Å². The van der Waals surface area contributed by atoms with Gasteiger partial charge in [0.25, 0.3) is 0 Å². The molecule has 8 nitrogen and oxygen atoms in total. The number of hydrogen-bond donors (Lipinski definition) is 4. The zero-order valence-electron chi connectivity index (χ0n) is 18.9. The first kappa shape index (κ1) is 27.7. The van der Waals surface area contributed by atoms with E-state index >= 15 is 0 Å². The minimum atomic E-state index is -1.12. The number of rotatable bonds is 8. The Kier molecular flexibility index (Phi) is 9.94. The van der Waals surface area contributed by atoms with E-state index in [4.69, 9.17) is 15.2 Å². The number of nitrogens with one attached hydrogen (secondary N) is 2. The van der Waals surface area contributed by atoms with Crippen LogP contribution >= 0.6 is 47.8 Å². The van der Waals surface area contributed by atoms with Crippen molar-refractivity contribution in [1.29, 1.82) is 0 Å². The highest BCUT2D eigenvalue weighted by atomic mass is 79.9. The Balaban J connectivity index is 1.87. The molecule has 0 radical (unpaired) electrons. The maximum atomic E-state index is 12.8. The molecule has 0 aliphatic rings. The van der Waals surface area contributed by atoms with Crippen LogP contribution in [0, 0.1) is 0 Å². The molecule has 5 N–H and O–H groups in total. The minimum Gasteiger partial charge on any atom is -0.506 e. The van der Waals surface area contributed by atoms with Gasteiger partial charge >= 0.3 is 6.09 Å². The van der Waals surface area contributed by atoms with Gasteiger partial charge in [0, 0.05) is 33.4 Å². The van der Waals surface area contributed by atoms with Crippen LogP contribution in [-0.4, -0.2) is 30.3 Å². The number of nitrogen functional groups attached to an aromatic ring is 1. The summed E-state index contributed by atoms with van der Waals surface area (Å²) in [7, 11) is 1.40. The molecule has 0 aromatic heterocycles. The lowest BCUT2D eigenvalue weighted by Gasteiger charge is -2.25. The van der Waals surface area contributed by atoms with E-state index in [1.54, 1.807) is 60.7 Å². The molecule has 0 aliphatic carbocycles. The summed E-state index contributed by atoms with van der Waals surface area (Å²) in [6.45, 7) is 0. The van der Waals surface area contributed by atoms with Gasteiger partial charge in [0.05, 0.1) is 15.8 Å². The Labute approximate surface area is 233 Å². The number of nitrogens with two attached hydrogens (primary N) is 1. The summed E-state index contributed by atoms with van der Waals surface area (Å²) in [4.78, 5) is 25.3. The molecular weight excluding hydrogens is 662 g/mol. The van der Waals surface area contributed by atoms with E-state index in [1.807, 2.05) is 0 Å². The van der Waals surface area contributed by atoms with Gasteiger partial charge in [-0.2, -0.15) is 0 Å². The summed E-state index contributed by atoms with van der Waals surface area (Å²) in [6, 6.07) is 17.0. The van der Waals surface area contributed by atoms with Gasteiger partial charge in [0.2, 0.25) is 5.91 Å². The fraction of sp³-hybridized carbons (Fsp3) is 0.120. The zero-order valence-corrected chi connectivity index (χ0v) is 23.6. The molecule has 3 aromatic carbocycles. The van der Waals surface area contributed by atoms with Gasteiger partial charge < -0.3 is 25.6 Å². The van der Waals surface area contributed by atoms with Crippen LogP contribution in [0.1, 0.15) is 11.7 Å². The maximum absolute atomic E-state index is 12.8. The number of carbonyl (C=O) groups excluding carboxylic acids is 2. The van der Waals surface area contributed by atoms with Crippen molar-refractivity contribution in [1.82, 2.24) is 0 Å². The number of phenols is 1. The first-order valence-corrected chi connectivity index (χ1v) is 12.8. The van der Waals surface area contributed by atoms with Crippen molar-refractivity contribution in [3.63, 3.8) is 0 Å². The van der Waals surface area contributed by atoms with Crippen molar-refractivity contribution in [2.75, 3.05) is 23.5 Å². The fourth-order valence-corrected chi connectivity index (χ4v) is 4.70. The molecule has 36 heavy (non-hydrogen) atoms. The molecule has 2 amide bonds. The summed E-state index contributed by atoms with van der Waals surface area (Å²) >= 11 is 10.0. The Bertz CT molecular complexity index is 1270. The van der Waals surface area contributed by atoms with Crippen LogP contribution in [0.15, 0.2) is 86.2 Å². The molecule has 0 aliphatic heterocycles. The van der Waals surface area contributed by atoms with E-state index < -0.39 is 24.2 Å². The molecule has 188 valence electrons. The Morgan fingerprint density at radius 3 is 2.36 bits per heavy atom. The lowest BCUT2D eigenvalue weighted by molar-refractivity contribution is -0.112. The number of benzene rings is 3. The summed E-state index contributed by atoms with van der Waals surface area (Å²) in [5.74, 6) is -0.607. The Morgan fingerprint density at radius 1 is 1.00 bits per heavy atom. The quantitative estimate of drug-likeness (QED) is 0.154. The number of ether oxygens (including phenoxy) is 2. The highest BCUT2D eigenvalue weighted by Crippen LogP contribution is 2.39. The van der Waals surface area contributed by atoms with Crippen LogP contribution < -0.4 is 16.4 Å². The average Bonchev–Trinajstić information content (AvgIpc) is 2.84. The summed E-state index contributed by atoms with van der Waals surface area (Å²) in [5.41, 5.74) is 7.51. The van der Waals surface area contributed by atoms with Gasteiger partial charge in [-0.15, -0.1) is 0 Å². The number of carbonyl (C=O) groups is 2. The van der Waals surface area contributed by atoms with Gasteiger partial charge in [-0.1, -0.05) is 44.0 Å². The van der Waals surface area contributed by atoms with Crippen molar-refractivity contribution in [2.24, 2.45) is 0 Å². The van der Waals surface area contributed by atoms with Crippen LogP contribution in [0.25, 0.3) is 0 Å². The van der Waals surface area contributed by atoms with Crippen molar-refractivity contribution >= 4 is 76.9 Å². The van der Waals surface area contributed by atoms with E-state index in [0.29, 0.717) is 26.0 Å². The number of methoxy groups -OCH3 is 1. The second kappa shape index (κ2) is 12.9. The third-order valence-corrected chi connectivity index (χ3v) is 6.51. The smallest absolute Gasteiger partial charge is 0.412 e.